The molecule has 2 aromatic carbocycles. The molecule has 0 saturated carbocycles. The summed E-state index contributed by atoms with van der Waals surface area (Å²) in [7, 11) is 0. The van der Waals surface area contributed by atoms with Gasteiger partial charge in [-0.3, -0.25) is 0 Å². The fraction of sp³-hybridized carbons (Fsp3) is 0.263. The van der Waals surface area contributed by atoms with Crippen molar-refractivity contribution in [3.8, 4) is 5.75 Å². The maximum atomic E-state index is 6.00. The molecule has 24 heavy (non-hydrogen) atoms. The Morgan fingerprint density at radius 2 is 1.83 bits per heavy atom. The molecule has 0 aliphatic carbocycles. The molecule has 0 radical (unpaired) electrons. The number of ether oxygens (including phenoxy) is 2. The molecule has 0 aliphatic rings. The molecule has 0 saturated heterocycles. The van der Waals surface area contributed by atoms with E-state index in [9.17, 15) is 0 Å². The molecule has 5 heteroatoms. The van der Waals surface area contributed by atoms with E-state index in [2.05, 4.69) is 0 Å². The molecular formula is C19H21Cl2NO2. The molecule has 3 nitrogen and oxygen atoms in total. The van der Waals surface area contributed by atoms with Crippen LogP contribution in [0, 0.1) is 0 Å². The zero-order valence-electron chi connectivity index (χ0n) is 13.6. The van der Waals surface area contributed by atoms with Gasteiger partial charge in [0.1, 0.15) is 12.4 Å². The molecule has 0 heterocycles. The van der Waals surface area contributed by atoms with E-state index in [1.165, 1.54) is 0 Å². The lowest BCUT2D eigenvalue weighted by atomic mass is 10.1. The molecule has 2 aromatic rings. The van der Waals surface area contributed by atoms with Gasteiger partial charge in [-0.1, -0.05) is 41.4 Å². The summed E-state index contributed by atoms with van der Waals surface area (Å²) in [6, 6.07) is 13.3. The third kappa shape index (κ3) is 5.75. The highest BCUT2D eigenvalue weighted by molar-refractivity contribution is 6.42. The molecule has 0 aliphatic heterocycles. The van der Waals surface area contributed by atoms with Gasteiger partial charge < -0.3 is 15.2 Å². The van der Waals surface area contributed by atoms with Crippen molar-refractivity contribution in [2.45, 2.75) is 20.0 Å². The molecule has 0 unspecified atom stereocenters. The number of hydrogen-bond donors (Lipinski definition) is 1. The second-order valence-corrected chi connectivity index (χ2v) is 6.00. The van der Waals surface area contributed by atoms with Crippen LogP contribution >= 0.6 is 23.2 Å². The predicted molar refractivity (Wildman–Crippen MR) is 101 cm³/mol. The zero-order valence-corrected chi connectivity index (χ0v) is 15.1. The van der Waals surface area contributed by atoms with Crippen LogP contribution in [0.25, 0.3) is 6.08 Å². The second-order valence-electron chi connectivity index (χ2n) is 5.19. The van der Waals surface area contributed by atoms with Crippen LogP contribution < -0.4 is 10.5 Å². The minimum atomic E-state index is 0.434. The van der Waals surface area contributed by atoms with Gasteiger partial charge in [-0.25, -0.2) is 0 Å². The van der Waals surface area contributed by atoms with Crippen molar-refractivity contribution in [1.29, 1.82) is 0 Å². The largest absolute Gasteiger partial charge is 0.498 e. The first kappa shape index (κ1) is 18.7. The Bertz CT molecular complexity index is 676. The highest BCUT2D eigenvalue weighted by Crippen LogP contribution is 2.23. The van der Waals surface area contributed by atoms with Gasteiger partial charge in [-0.2, -0.15) is 0 Å². The molecule has 0 amide bonds. The van der Waals surface area contributed by atoms with Crippen LogP contribution in [0.5, 0.6) is 5.75 Å². The van der Waals surface area contributed by atoms with E-state index in [1.54, 1.807) is 6.07 Å². The summed E-state index contributed by atoms with van der Waals surface area (Å²) in [5.74, 6) is 1.68. The Hall–Kier alpha value is -1.68. The molecule has 0 bridgehead atoms. The minimum Gasteiger partial charge on any atom is -0.498 e. The Morgan fingerprint density at radius 1 is 1.08 bits per heavy atom. The molecule has 2 rings (SSSR count). The summed E-state index contributed by atoms with van der Waals surface area (Å²) < 4.78 is 11.3. The molecule has 0 spiro atoms. The Morgan fingerprint density at radius 3 is 2.46 bits per heavy atom. The first-order valence-corrected chi connectivity index (χ1v) is 8.58. The summed E-state index contributed by atoms with van der Waals surface area (Å²) in [5.41, 5.74) is 7.61. The van der Waals surface area contributed by atoms with Crippen molar-refractivity contribution in [3.63, 3.8) is 0 Å². The Labute approximate surface area is 153 Å². The van der Waals surface area contributed by atoms with Crippen LogP contribution in [-0.4, -0.2) is 13.2 Å². The van der Waals surface area contributed by atoms with Gasteiger partial charge in [0.15, 0.2) is 0 Å². The second kappa shape index (κ2) is 9.58. The summed E-state index contributed by atoms with van der Waals surface area (Å²) in [4.78, 5) is 0. The first-order chi connectivity index (χ1) is 11.6. The summed E-state index contributed by atoms with van der Waals surface area (Å²) in [5, 5.41) is 1.07. The average molecular weight is 366 g/mol. The highest BCUT2D eigenvalue weighted by Gasteiger charge is 2.02. The standard InChI is InChI=1S/C19H21Cl2NO2/c1-2-23-17(9-10-22)11-14-3-6-16(7-4-14)24-13-15-5-8-18(20)19(21)12-15/h3-8,11-12H,2,9-10,13,22H2,1H3. The molecule has 2 N–H and O–H groups in total. The summed E-state index contributed by atoms with van der Waals surface area (Å²) >= 11 is 11.9. The van der Waals surface area contributed by atoms with Crippen LogP contribution in [0.3, 0.4) is 0 Å². The molecule has 0 aromatic heterocycles. The van der Waals surface area contributed by atoms with Crippen molar-refractivity contribution in [3.05, 3.63) is 69.4 Å². The van der Waals surface area contributed by atoms with E-state index >= 15 is 0 Å². The van der Waals surface area contributed by atoms with Gasteiger partial charge in [0.25, 0.3) is 0 Å². The lowest BCUT2D eigenvalue weighted by molar-refractivity contribution is 0.223. The van der Waals surface area contributed by atoms with Crippen LogP contribution in [-0.2, 0) is 11.3 Å². The van der Waals surface area contributed by atoms with Crippen molar-refractivity contribution < 1.29 is 9.47 Å². The third-order valence-electron chi connectivity index (χ3n) is 3.32. The number of nitrogens with two attached hydrogens (primary N) is 1. The number of benzene rings is 2. The van der Waals surface area contributed by atoms with Crippen LogP contribution in [0.1, 0.15) is 24.5 Å². The van der Waals surface area contributed by atoms with Gasteiger partial charge in [-0.15, -0.1) is 0 Å². The smallest absolute Gasteiger partial charge is 0.119 e. The van der Waals surface area contributed by atoms with E-state index in [4.69, 9.17) is 38.4 Å². The van der Waals surface area contributed by atoms with E-state index in [0.717, 1.165) is 29.1 Å². The quantitative estimate of drug-likeness (QED) is 0.645. The maximum absolute atomic E-state index is 6.00. The van der Waals surface area contributed by atoms with Crippen molar-refractivity contribution in [2.24, 2.45) is 5.73 Å². The summed E-state index contributed by atoms with van der Waals surface area (Å²) in [6.07, 6.45) is 2.72. The monoisotopic (exact) mass is 365 g/mol. The van der Waals surface area contributed by atoms with Crippen LogP contribution in [0.4, 0.5) is 0 Å². The molecule has 0 atom stereocenters. The Kier molecular flexibility index (Phi) is 7.44. The van der Waals surface area contributed by atoms with Gasteiger partial charge in [0.05, 0.1) is 22.4 Å². The lowest BCUT2D eigenvalue weighted by Gasteiger charge is -2.09. The van der Waals surface area contributed by atoms with Gasteiger partial charge in [-0.05, 0) is 54.9 Å². The minimum absolute atomic E-state index is 0.434. The average Bonchev–Trinajstić information content (AvgIpc) is 2.58. The molecule has 0 fully saturated rings. The predicted octanol–water partition coefficient (Wildman–Crippen LogP) is 5.30. The topological polar surface area (TPSA) is 44.5 Å². The van der Waals surface area contributed by atoms with Gasteiger partial charge >= 0.3 is 0 Å². The number of halogens is 2. The van der Waals surface area contributed by atoms with E-state index in [1.807, 2.05) is 49.4 Å². The third-order valence-corrected chi connectivity index (χ3v) is 4.06. The van der Waals surface area contributed by atoms with Crippen LogP contribution in [0.15, 0.2) is 48.2 Å². The molecular weight excluding hydrogens is 345 g/mol. The van der Waals surface area contributed by atoms with Crippen molar-refractivity contribution >= 4 is 29.3 Å². The highest BCUT2D eigenvalue weighted by atomic mass is 35.5. The SMILES string of the molecule is CCOC(=Cc1ccc(OCc2ccc(Cl)c(Cl)c2)cc1)CCN. The van der Waals surface area contributed by atoms with Crippen LogP contribution in [0.2, 0.25) is 10.0 Å². The van der Waals surface area contributed by atoms with Gasteiger partial charge in [0.2, 0.25) is 0 Å². The number of rotatable bonds is 8. The van der Waals surface area contributed by atoms with Gasteiger partial charge in [0, 0.05) is 6.42 Å². The fourth-order valence-electron chi connectivity index (χ4n) is 2.16. The number of hydrogen-bond acceptors (Lipinski definition) is 3. The normalized spacial score (nSPS) is 11.4. The molecule has 128 valence electrons. The maximum Gasteiger partial charge on any atom is 0.119 e. The van der Waals surface area contributed by atoms with E-state index < -0.39 is 0 Å². The lowest BCUT2D eigenvalue weighted by Crippen LogP contribution is -2.02. The fourth-order valence-corrected chi connectivity index (χ4v) is 2.48. The Balaban J connectivity index is 1.98. The van der Waals surface area contributed by atoms with E-state index in [0.29, 0.717) is 29.8 Å². The zero-order chi connectivity index (χ0) is 17.4. The van der Waals surface area contributed by atoms with Crippen molar-refractivity contribution in [1.82, 2.24) is 0 Å². The summed E-state index contributed by atoms with van der Waals surface area (Å²) in [6.45, 7) is 3.60. The van der Waals surface area contributed by atoms with Crippen molar-refractivity contribution in [2.75, 3.05) is 13.2 Å². The van der Waals surface area contributed by atoms with E-state index in [-0.39, 0.29) is 0 Å². The first-order valence-electron chi connectivity index (χ1n) is 7.82.